The van der Waals surface area contributed by atoms with Gasteiger partial charge in [-0.25, -0.2) is 0 Å². The van der Waals surface area contributed by atoms with Gasteiger partial charge in [-0.1, -0.05) is 29.3 Å². The number of anilines is 1. The predicted molar refractivity (Wildman–Crippen MR) is 88.9 cm³/mol. The van der Waals surface area contributed by atoms with E-state index in [2.05, 4.69) is 5.32 Å². The summed E-state index contributed by atoms with van der Waals surface area (Å²) < 4.78 is 0. The van der Waals surface area contributed by atoms with Crippen LogP contribution in [0.25, 0.3) is 0 Å². The minimum atomic E-state index is -0.362. The van der Waals surface area contributed by atoms with Crippen molar-refractivity contribution in [2.24, 2.45) is 0 Å². The highest BCUT2D eigenvalue weighted by atomic mass is 35.5. The van der Waals surface area contributed by atoms with Gasteiger partial charge < -0.3 is 10.2 Å². The Kier molecular flexibility index (Phi) is 5.06. The molecular weight excluding hydrogens is 323 g/mol. The molecule has 0 unspecified atom stereocenters. The van der Waals surface area contributed by atoms with Crippen LogP contribution < -0.4 is 5.32 Å². The van der Waals surface area contributed by atoms with E-state index in [0.717, 1.165) is 0 Å². The molecule has 2 rings (SSSR count). The molecule has 0 aliphatic rings. The lowest BCUT2D eigenvalue weighted by Gasteiger charge is -2.11. The van der Waals surface area contributed by atoms with E-state index in [4.69, 9.17) is 23.2 Å². The van der Waals surface area contributed by atoms with Gasteiger partial charge >= 0.3 is 0 Å². The number of rotatable bonds is 3. The third kappa shape index (κ3) is 3.59. The lowest BCUT2D eigenvalue weighted by molar-refractivity contribution is 0.0827. The van der Waals surface area contributed by atoms with Crippen LogP contribution in [0, 0.1) is 0 Å². The van der Waals surface area contributed by atoms with E-state index >= 15 is 0 Å². The number of amides is 2. The molecule has 1 N–H and O–H groups in total. The van der Waals surface area contributed by atoms with Gasteiger partial charge in [0.2, 0.25) is 0 Å². The van der Waals surface area contributed by atoms with E-state index in [9.17, 15) is 9.59 Å². The van der Waals surface area contributed by atoms with Crippen molar-refractivity contribution in [1.82, 2.24) is 4.90 Å². The summed E-state index contributed by atoms with van der Waals surface area (Å²) in [6.07, 6.45) is 0. The van der Waals surface area contributed by atoms with E-state index in [0.29, 0.717) is 21.8 Å². The molecule has 0 fully saturated rings. The summed E-state index contributed by atoms with van der Waals surface area (Å²) in [4.78, 5) is 25.5. The summed E-state index contributed by atoms with van der Waals surface area (Å²) in [5.74, 6) is -0.463. The topological polar surface area (TPSA) is 49.4 Å². The molecule has 0 spiro atoms. The maximum atomic E-state index is 12.2. The average Bonchev–Trinajstić information content (AvgIpc) is 2.50. The van der Waals surface area contributed by atoms with Gasteiger partial charge in [0.1, 0.15) is 0 Å². The second-order valence-corrected chi connectivity index (χ2v) is 5.62. The van der Waals surface area contributed by atoms with Crippen LogP contribution in [0.5, 0.6) is 0 Å². The molecule has 0 atom stereocenters. The Bertz CT molecular complexity index is 713. The van der Waals surface area contributed by atoms with Gasteiger partial charge in [-0.3, -0.25) is 9.59 Å². The largest absolute Gasteiger partial charge is 0.345 e. The van der Waals surface area contributed by atoms with Crippen molar-refractivity contribution in [3.05, 3.63) is 63.6 Å². The Labute approximate surface area is 138 Å². The normalized spacial score (nSPS) is 10.2. The zero-order chi connectivity index (χ0) is 16.3. The van der Waals surface area contributed by atoms with Gasteiger partial charge in [-0.2, -0.15) is 0 Å². The van der Waals surface area contributed by atoms with Gasteiger partial charge in [0.25, 0.3) is 11.8 Å². The molecular formula is C16H14Cl2N2O2. The lowest BCUT2D eigenvalue weighted by atomic mass is 10.1. The van der Waals surface area contributed by atoms with Crippen molar-refractivity contribution in [2.45, 2.75) is 0 Å². The quantitative estimate of drug-likeness (QED) is 0.922. The first-order valence-electron chi connectivity index (χ1n) is 6.47. The zero-order valence-electron chi connectivity index (χ0n) is 12.1. The smallest absolute Gasteiger partial charge is 0.257 e. The van der Waals surface area contributed by atoms with Crippen LogP contribution >= 0.6 is 23.2 Å². The zero-order valence-corrected chi connectivity index (χ0v) is 13.6. The predicted octanol–water partition coefficient (Wildman–Crippen LogP) is 3.95. The van der Waals surface area contributed by atoms with Crippen LogP contribution in [-0.2, 0) is 0 Å². The summed E-state index contributed by atoms with van der Waals surface area (Å²) in [7, 11) is 3.36. The second-order valence-electron chi connectivity index (χ2n) is 4.83. The molecule has 2 aromatic carbocycles. The minimum Gasteiger partial charge on any atom is -0.345 e. The molecule has 0 saturated heterocycles. The van der Waals surface area contributed by atoms with Gasteiger partial charge in [0, 0.05) is 25.3 Å². The Morgan fingerprint density at radius 1 is 1.00 bits per heavy atom. The Balaban J connectivity index is 2.16. The number of hydrogen-bond acceptors (Lipinski definition) is 2. The fourth-order valence-electron chi connectivity index (χ4n) is 1.83. The first-order chi connectivity index (χ1) is 10.4. The molecule has 0 aromatic heterocycles. The molecule has 0 aliphatic carbocycles. The maximum Gasteiger partial charge on any atom is 0.257 e. The third-order valence-electron chi connectivity index (χ3n) is 2.99. The molecule has 0 bridgehead atoms. The highest BCUT2D eigenvalue weighted by Crippen LogP contribution is 2.26. The Morgan fingerprint density at radius 3 is 2.23 bits per heavy atom. The molecule has 4 nitrogen and oxygen atoms in total. The van der Waals surface area contributed by atoms with Crippen LogP contribution in [0.3, 0.4) is 0 Å². The average molecular weight is 337 g/mol. The molecule has 6 heteroatoms. The first-order valence-corrected chi connectivity index (χ1v) is 7.23. The first kappa shape index (κ1) is 16.3. The molecule has 2 aromatic rings. The summed E-state index contributed by atoms with van der Waals surface area (Å²) in [6.45, 7) is 0. The van der Waals surface area contributed by atoms with Gasteiger partial charge in [-0.15, -0.1) is 0 Å². The van der Waals surface area contributed by atoms with E-state index in [1.807, 2.05) is 0 Å². The lowest BCUT2D eigenvalue weighted by Crippen LogP contribution is -2.21. The number of benzene rings is 2. The fraction of sp³-hybridized carbons (Fsp3) is 0.125. The molecule has 114 valence electrons. The molecule has 0 heterocycles. The third-order valence-corrected chi connectivity index (χ3v) is 3.81. The summed E-state index contributed by atoms with van der Waals surface area (Å²) in [5, 5.41) is 3.24. The standard InChI is InChI=1S/C16H14Cl2N2O2/c1-20(2)16(22)10-6-8-11(9-7-10)19-15(21)12-4-3-5-13(17)14(12)18/h3-9H,1-2H3,(H,19,21). The van der Waals surface area contributed by atoms with Crippen molar-refractivity contribution in [3.63, 3.8) is 0 Å². The molecule has 22 heavy (non-hydrogen) atoms. The van der Waals surface area contributed by atoms with Crippen molar-refractivity contribution < 1.29 is 9.59 Å². The van der Waals surface area contributed by atoms with E-state index in [1.54, 1.807) is 56.6 Å². The van der Waals surface area contributed by atoms with Crippen LogP contribution in [-0.4, -0.2) is 30.8 Å². The van der Waals surface area contributed by atoms with E-state index in [1.165, 1.54) is 4.90 Å². The van der Waals surface area contributed by atoms with Gasteiger partial charge in [-0.05, 0) is 36.4 Å². The number of carbonyl (C=O) groups is 2. The minimum absolute atomic E-state index is 0.101. The van der Waals surface area contributed by atoms with Gasteiger partial charge in [0.05, 0.1) is 15.6 Å². The maximum absolute atomic E-state index is 12.2. The molecule has 2 amide bonds. The van der Waals surface area contributed by atoms with Crippen LogP contribution in [0.2, 0.25) is 10.0 Å². The van der Waals surface area contributed by atoms with Crippen molar-refractivity contribution in [2.75, 3.05) is 19.4 Å². The number of nitrogens with one attached hydrogen (secondary N) is 1. The summed E-state index contributed by atoms with van der Waals surface area (Å²) >= 11 is 11.9. The molecule has 0 radical (unpaired) electrons. The van der Waals surface area contributed by atoms with E-state index < -0.39 is 0 Å². The Hall–Kier alpha value is -2.04. The van der Waals surface area contributed by atoms with Crippen molar-refractivity contribution >= 4 is 40.7 Å². The van der Waals surface area contributed by atoms with Crippen LogP contribution in [0.1, 0.15) is 20.7 Å². The number of nitrogens with zero attached hydrogens (tertiary/aromatic N) is 1. The number of carbonyl (C=O) groups excluding carboxylic acids is 2. The van der Waals surface area contributed by atoms with Gasteiger partial charge in [0.15, 0.2) is 0 Å². The molecule has 0 saturated carbocycles. The highest BCUT2D eigenvalue weighted by molar-refractivity contribution is 6.44. The molecule has 0 aliphatic heterocycles. The Morgan fingerprint density at radius 2 is 1.64 bits per heavy atom. The monoisotopic (exact) mass is 336 g/mol. The van der Waals surface area contributed by atoms with Crippen LogP contribution in [0.15, 0.2) is 42.5 Å². The second kappa shape index (κ2) is 6.81. The van der Waals surface area contributed by atoms with Crippen LogP contribution in [0.4, 0.5) is 5.69 Å². The fourth-order valence-corrected chi connectivity index (χ4v) is 2.22. The summed E-state index contributed by atoms with van der Waals surface area (Å²) in [6, 6.07) is 11.5. The van der Waals surface area contributed by atoms with E-state index in [-0.39, 0.29) is 16.8 Å². The SMILES string of the molecule is CN(C)C(=O)c1ccc(NC(=O)c2cccc(Cl)c2Cl)cc1. The number of halogens is 2. The number of hydrogen-bond donors (Lipinski definition) is 1. The van der Waals surface area contributed by atoms with Crippen molar-refractivity contribution in [3.8, 4) is 0 Å². The highest BCUT2D eigenvalue weighted by Gasteiger charge is 2.13. The van der Waals surface area contributed by atoms with Crippen molar-refractivity contribution in [1.29, 1.82) is 0 Å². The summed E-state index contributed by atoms with van der Waals surface area (Å²) in [5.41, 5.74) is 1.41.